The van der Waals surface area contributed by atoms with E-state index in [4.69, 9.17) is 9.47 Å². The third kappa shape index (κ3) is 5.24. The summed E-state index contributed by atoms with van der Waals surface area (Å²) in [6.45, 7) is 1.47. The van der Waals surface area contributed by atoms with Gasteiger partial charge in [0.15, 0.2) is 15.6 Å². The van der Waals surface area contributed by atoms with E-state index >= 15 is 0 Å². The fraction of sp³-hybridized carbons (Fsp3) is 0.500. The van der Waals surface area contributed by atoms with Gasteiger partial charge in [-0.25, -0.2) is 8.42 Å². The Balaban J connectivity index is 1.87. The third-order valence-corrected chi connectivity index (χ3v) is 6.96. The Kier molecular flexibility index (Phi) is 6.28. The van der Waals surface area contributed by atoms with Crippen molar-refractivity contribution in [1.82, 2.24) is 0 Å². The lowest BCUT2D eigenvalue weighted by molar-refractivity contribution is -0.141. The molecule has 1 aromatic carbocycles. The molecule has 1 aliphatic heterocycles. The van der Waals surface area contributed by atoms with Crippen LogP contribution in [-0.2, 0) is 26.0 Å². The molecular formula is C16H20O6S2. The Morgan fingerprint density at radius 2 is 2.08 bits per heavy atom. The predicted octanol–water partition coefficient (Wildman–Crippen LogP) is 1.86. The van der Waals surface area contributed by atoms with Gasteiger partial charge < -0.3 is 9.47 Å². The van der Waals surface area contributed by atoms with E-state index in [2.05, 4.69) is 0 Å². The van der Waals surface area contributed by atoms with E-state index in [1.807, 2.05) is 0 Å². The standard InChI is InChI=1S/C16H20O6S2/c1-11(17)12-3-4-15(21-2)13(7-12)8-22-16(18)9-23-14-5-6-24(19,20)10-14/h3-4,7,14H,5-6,8-10H2,1-2H3/t14-/m0/s1. The lowest BCUT2D eigenvalue weighted by atomic mass is 10.1. The molecule has 1 saturated heterocycles. The number of ether oxygens (including phenoxy) is 2. The smallest absolute Gasteiger partial charge is 0.316 e. The molecule has 0 aliphatic carbocycles. The maximum atomic E-state index is 11.9. The molecule has 1 heterocycles. The van der Waals surface area contributed by atoms with Gasteiger partial charge in [-0.2, -0.15) is 0 Å². The summed E-state index contributed by atoms with van der Waals surface area (Å²) >= 11 is 1.31. The number of rotatable bonds is 7. The fourth-order valence-corrected chi connectivity index (χ4v) is 5.83. The average Bonchev–Trinajstić information content (AvgIpc) is 2.89. The fourth-order valence-electron chi connectivity index (χ4n) is 2.39. The zero-order valence-electron chi connectivity index (χ0n) is 13.6. The number of carbonyl (C=O) groups is 2. The molecule has 6 nitrogen and oxygen atoms in total. The van der Waals surface area contributed by atoms with Gasteiger partial charge in [-0.3, -0.25) is 9.59 Å². The Bertz CT molecular complexity index is 726. The van der Waals surface area contributed by atoms with E-state index in [1.54, 1.807) is 18.2 Å². The number of esters is 1. The van der Waals surface area contributed by atoms with Gasteiger partial charge in [-0.05, 0) is 31.5 Å². The lowest BCUT2D eigenvalue weighted by Crippen LogP contribution is -2.13. The van der Waals surface area contributed by atoms with Crippen LogP contribution in [0, 0.1) is 0 Å². The van der Waals surface area contributed by atoms with Crippen LogP contribution in [-0.4, -0.2) is 49.8 Å². The summed E-state index contributed by atoms with van der Waals surface area (Å²) in [4.78, 5) is 23.3. The van der Waals surface area contributed by atoms with Crippen LogP contribution in [0.4, 0.5) is 0 Å². The summed E-state index contributed by atoms with van der Waals surface area (Å²) < 4.78 is 33.2. The van der Waals surface area contributed by atoms with Gasteiger partial charge in [0, 0.05) is 16.4 Å². The van der Waals surface area contributed by atoms with Crippen LogP contribution in [0.25, 0.3) is 0 Å². The maximum Gasteiger partial charge on any atom is 0.316 e. The van der Waals surface area contributed by atoms with Crippen LogP contribution < -0.4 is 4.74 Å². The van der Waals surface area contributed by atoms with Crippen molar-refractivity contribution < 1.29 is 27.5 Å². The Morgan fingerprint density at radius 1 is 1.33 bits per heavy atom. The van der Waals surface area contributed by atoms with Gasteiger partial charge in [-0.1, -0.05) is 0 Å². The number of sulfone groups is 1. The average molecular weight is 372 g/mol. The van der Waals surface area contributed by atoms with E-state index in [9.17, 15) is 18.0 Å². The quantitative estimate of drug-likeness (QED) is 0.533. The van der Waals surface area contributed by atoms with Crippen LogP contribution in [0.15, 0.2) is 18.2 Å². The van der Waals surface area contributed by atoms with Crippen molar-refractivity contribution in [3.05, 3.63) is 29.3 Å². The number of ketones is 1. The Labute approximate surface area is 145 Å². The second-order valence-corrected chi connectivity index (χ2v) is 9.10. The minimum absolute atomic E-state index is 0.00660. The molecule has 0 amide bonds. The van der Waals surface area contributed by atoms with Crippen molar-refractivity contribution in [2.75, 3.05) is 24.4 Å². The van der Waals surface area contributed by atoms with Crippen molar-refractivity contribution in [2.24, 2.45) is 0 Å². The molecule has 132 valence electrons. The first-order chi connectivity index (χ1) is 11.3. The molecule has 0 aromatic heterocycles. The summed E-state index contributed by atoms with van der Waals surface area (Å²) in [5, 5.41) is -0.0434. The van der Waals surface area contributed by atoms with Crippen molar-refractivity contribution >= 4 is 33.4 Å². The molecule has 0 N–H and O–H groups in total. The second-order valence-electron chi connectivity index (χ2n) is 5.58. The number of methoxy groups -OCH3 is 1. The van der Waals surface area contributed by atoms with Gasteiger partial charge in [0.1, 0.15) is 12.4 Å². The van der Waals surface area contributed by atoms with Gasteiger partial charge in [0.05, 0.1) is 24.4 Å². The lowest BCUT2D eigenvalue weighted by Gasteiger charge is -2.11. The highest BCUT2D eigenvalue weighted by Crippen LogP contribution is 2.25. The zero-order chi connectivity index (χ0) is 17.7. The second kappa shape index (κ2) is 8.02. The zero-order valence-corrected chi connectivity index (χ0v) is 15.2. The number of benzene rings is 1. The van der Waals surface area contributed by atoms with Gasteiger partial charge in [0.25, 0.3) is 0 Å². The maximum absolute atomic E-state index is 11.9. The normalized spacial score (nSPS) is 19.0. The molecule has 0 bridgehead atoms. The largest absolute Gasteiger partial charge is 0.496 e. The van der Waals surface area contributed by atoms with E-state index < -0.39 is 15.8 Å². The van der Waals surface area contributed by atoms with E-state index in [0.29, 0.717) is 23.3 Å². The van der Waals surface area contributed by atoms with Crippen molar-refractivity contribution in [3.63, 3.8) is 0 Å². The molecule has 8 heteroatoms. The third-order valence-electron chi connectivity index (χ3n) is 3.70. The number of Topliss-reactive ketones (excluding diaryl/α,β-unsaturated/α-hetero) is 1. The van der Waals surface area contributed by atoms with Crippen LogP contribution in [0.2, 0.25) is 0 Å². The van der Waals surface area contributed by atoms with E-state index in [1.165, 1.54) is 25.8 Å². The predicted molar refractivity (Wildman–Crippen MR) is 92.3 cm³/mol. The minimum atomic E-state index is -2.94. The highest BCUT2D eigenvalue weighted by molar-refractivity contribution is 8.02. The molecule has 2 rings (SSSR count). The van der Waals surface area contributed by atoms with Crippen LogP contribution >= 0.6 is 11.8 Å². The van der Waals surface area contributed by atoms with E-state index in [0.717, 1.165) is 0 Å². The van der Waals surface area contributed by atoms with Crippen molar-refractivity contribution in [3.8, 4) is 5.75 Å². The van der Waals surface area contributed by atoms with Crippen molar-refractivity contribution in [1.29, 1.82) is 0 Å². The van der Waals surface area contributed by atoms with Gasteiger partial charge in [0.2, 0.25) is 0 Å². The van der Waals surface area contributed by atoms with Crippen LogP contribution in [0.1, 0.15) is 29.3 Å². The molecule has 0 spiro atoms. The first kappa shape index (κ1) is 18.8. The Hall–Kier alpha value is -1.54. The minimum Gasteiger partial charge on any atom is -0.496 e. The SMILES string of the molecule is COc1ccc(C(C)=O)cc1COC(=O)CS[C@H]1CCS(=O)(=O)C1. The molecule has 1 fully saturated rings. The Morgan fingerprint density at radius 3 is 2.67 bits per heavy atom. The summed E-state index contributed by atoms with van der Waals surface area (Å²) in [6, 6.07) is 4.96. The first-order valence-electron chi connectivity index (χ1n) is 7.46. The number of hydrogen-bond acceptors (Lipinski definition) is 7. The number of hydrogen-bond donors (Lipinski definition) is 0. The molecule has 1 aliphatic rings. The van der Waals surface area contributed by atoms with Crippen molar-refractivity contribution in [2.45, 2.75) is 25.2 Å². The molecule has 0 saturated carbocycles. The highest BCUT2D eigenvalue weighted by Gasteiger charge is 2.28. The molecule has 1 aromatic rings. The van der Waals surface area contributed by atoms with Gasteiger partial charge >= 0.3 is 5.97 Å². The highest BCUT2D eigenvalue weighted by atomic mass is 32.2. The number of carbonyl (C=O) groups excluding carboxylic acids is 2. The molecule has 0 radical (unpaired) electrons. The summed E-state index contributed by atoms with van der Waals surface area (Å²) in [5.74, 6) is 0.466. The molecule has 0 unspecified atom stereocenters. The molecule has 1 atom stereocenters. The molecular weight excluding hydrogens is 352 g/mol. The number of thioether (sulfide) groups is 1. The van der Waals surface area contributed by atoms with Gasteiger partial charge in [-0.15, -0.1) is 11.8 Å². The van der Waals surface area contributed by atoms with Crippen LogP contribution in [0.3, 0.4) is 0 Å². The monoisotopic (exact) mass is 372 g/mol. The summed E-state index contributed by atoms with van der Waals surface area (Å²) in [7, 11) is -1.44. The first-order valence-corrected chi connectivity index (χ1v) is 10.3. The summed E-state index contributed by atoms with van der Waals surface area (Å²) in [6.07, 6.45) is 0.578. The van der Waals surface area contributed by atoms with Crippen LogP contribution in [0.5, 0.6) is 5.75 Å². The summed E-state index contributed by atoms with van der Waals surface area (Å²) in [5.41, 5.74) is 1.14. The molecule has 24 heavy (non-hydrogen) atoms. The topological polar surface area (TPSA) is 86.7 Å². The van der Waals surface area contributed by atoms with E-state index in [-0.39, 0.29) is 34.9 Å².